The van der Waals surface area contributed by atoms with E-state index in [0.717, 1.165) is 5.75 Å². The molecule has 3 amide bonds. The number of ether oxygens (including phenoxy) is 1. The second kappa shape index (κ2) is 9.60. The van der Waals surface area contributed by atoms with Gasteiger partial charge in [-0.3, -0.25) is 9.69 Å². The Balaban J connectivity index is 1.61. The first-order valence-electron chi connectivity index (χ1n) is 9.48. The van der Waals surface area contributed by atoms with Gasteiger partial charge < -0.3 is 20.3 Å². The van der Waals surface area contributed by atoms with Crippen molar-refractivity contribution in [2.24, 2.45) is 0 Å². The van der Waals surface area contributed by atoms with Crippen LogP contribution in [-0.2, 0) is 4.79 Å². The molecular weight excluding hydrogens is 344 g/mol. The van der Waals surface area contributed by atoms with Crippen molar-refractivity contribution in [2.75, 3.05) is 45.9 Å². The Kier molecular flexibility index (Phi) is 7.47. The highest BCUT2D eigenvalue weighted by Gasteiger charge is 2.23. The topological polar surface area (TPSA) is 73.9 Å². The fourth-order valence-corrected chi connectivity index (χ4v) is 2.84. The van der Waals surface area contributed by atoms with Crippen molar-refractivity contribution >= 4 is 11.9 Å². The zero-order valence-corrected chi connectivity index (χ0v) is 16.9. The number of amides is 3. The third-order valence-corrected chi connectivity index (χ3v) is 4.21. The summed E-state index contributed by atoms with van der Waals surface area (Å²) in [6, 6.07) is 7.75. The van der Waals surface area contributed by atoms with Gasteiger partial charge in [-0.15, -0.1) is 0 Å². The number of benzene rings is 1. The molecule has 1 aromatic rings. The number of urea groups is 1. The van der Waals surface area contributed by atoms with Crippen LogP contribution >= 0.6 is 0 Å². The lowest BCUT2D eigenvalue weighted by atomic mass is 10.1. The fourth-order valence-electron chi connectivity index (χ4n) is 2.84. The molecule has 27 heavy (non-hydrogen) atoms. The Morgan fingerprint density at radius 2 is 1.70 bits per heavy atom. The lowest BCUT2D eigenvalue weighted by Crippen LogP contribution is -2.54. The molecular formula is C20H32N4O3. The Morgan fingerprint density at radius 1 is 1.07 bits per heavy atom. The van der Waals surface area contributed by atoms with Crippen molar-refractivity contribution in [3.05, 3.63) is 29.8 Å². The van der Waals surface area contributed by atoms with Crippen LogP contribution in [0.25, 0.3) is 0 Å². The molecule has 1 aliphatic heterocycles. The first-order valence-corrected chi connectivity index (χ1v) is 9.48. The monoisotopic (exact) mass is 376 g/mol. The van der Waals surface area contributed by atoms with Crippen molar-refractivity contribution in [1.82, 2.24) is 20.4 Å². The van der Waals surface area contributed by atoms with E-state index in [2.05, 4.69) is 15.5 Å². The number of carbonyl (C=O) groups is 2. The zero-order chi connectivity index (χ0) is 19.9. The summed E-state index contributed by atoms with van der Waals surface area (Å²) in [5.74, 6) is 0.825. The zero-order valence-electron chi connectivity index (χ0n) is 16.9. The molecule has 1 aliphatic rings. The van der Waals surface area contributed by atoms with Gasteiger partial charge in [0.15, 0.2) is 0 Å². The van der Waals surface area contributed by atoms with Crippen molar-refractivity contribution in [2.45, 2.75) is 33.2 Å². The highest BCUT2D eigenvalue weighted by molar-refractivity contribution is 5.79. The number of hydrogen-bond donors (Lipinski definition) is 2. The second-order valence-corrected chi connectivity index (χ2v) is 7.95. The molecule has 150 valence electrons. The molecule has 0 spiro atoms. The van der Waals surface area contributed by atoms with Crippen LogP contribution in [0, 0.1) is 6.92 Å². The summed E-state index contributed by atoms with van der Waals surface area (Å²) in [6.07, 6.45) is 0. The van der Waals surface area contributed by atoms with Crippen LogP contribution in [0.3, 0.4) is 0 Å². The fraction of sp³-hybridized carbons (Fsp3) is 0.600. The lowest BCUT2D eigenvalue weighted by molar-refractivity contribution is -0.124. The van der Waals surface area contributed by atoms with Crippen molar-refractivity contribution in [3.8, 4) is 5.75 Å². The molecule has 1 aromatic carbocycles. The average Bonchev–Trinajstić information content (AvgIpc) is 2.59. The minimum absolute atomic E-state index is 0.0219. The normalized spacial score (nSPS) is 15.3. The summed E-state index contributed by atoms with van der Waals surface area (Å²) < 4.78 is 5.61. The van der Waals surface area contributed by atoms with Gasteiger partial charge in [-0.1, -0.05) is 17.7 Å². The van der Waals surface area contributed by atoms with Gasteiger partial charge in [0.2, 0.25) is 5.91 Å². The number of nitrogens with one attached hydrogen (secondary N) is 2. The van der Waals surface area contributed by atoms with Gasteiger partial charge in [0, 0.05) is 31.7 Å². The van der Waals surface area contributed by atoms with E-state index in [1.165, 1.54) is 5.56 Å². The van der Waals surface area contributed by atoms with Gasteiger partial charge in [0.05, 0.1) is 13.1 Å². The summed E-state index contributed by atoms with van der Waals surface area (Å²) in [7, 11) is 0. The van der Waals surface area contributed by atoms with Crippen molar-refractivity contribution < 1.29 is 14.3 Å². The molecule has 0 aliphatic carbocycles. The molecule has 2 rings (SSSR count). The molecule has 2 N–H and O–H groups in total. The number of hydrogen-bond acceptors (Lipinski definition) is 4. The molecule has 1 saturated heterocycles. The highest BCUT2D eigenvalue weighted by atomic mass is 16.5. The maximum absolute atomic E-state index is 12.2. The molecule has 0 aromatic heterocycles. The molecule has 7 heteroatoms. The number of carbonyl (C=O) groups excluding carboxylic acids is 2. The van der Waals surface area contributed by atoms with E-state index in [1.807, 2.05) is 52.0 Å². The Hall–Kier alpha value is -2.28. The van der Waals surface area contributed by atoms with Crippen LogP contribution in [0.2, 0.25) is 0 Å². The van der Waals surface area contributed by atoms with Crippen molar-refractivity contribution in [1.29, 1.82) is 0 Å². The Labute approximate surface area is 162 Å². The van der Waals surface area contributed by atoms with Crippen LogP contribution in [0.15, 0.2) is 24.3 Å². The highest BCUT2D eigenvalue weighted by Crippen LogP contribution is 2.10. The van der Waals surface area contributed by atoms with Gasteiger partial charge in [-0.2, -0.15) is 0 Å². The third kappa shape index (κ3) is 7.86. The van der Waals surface area contributed by atoms with Gasteiger partial charge in [-0.25, -0.2) is 4.79 Å². The molecule has 0 unspecified atom stereocenters. The van der Waals surface area contributed by atoms with E-state index >= 15 is 0 Å². The van der Waals surface area contributed by atoms with Crippen LogP contribution < -0.4 is 15.4 Å². The SMILES string of the molecule is Cc1ccc(OCCNC(=O)N2CCN(CC(=O)NC(C)(C)C)CC2)cc1. The number of piperazine rings is 1. The lowest BCUT2D eigenvalue weighted by Gasteiger charge is -2.34. The minimum atomic E-state index is -0.223. The van der Waals surface area contributed by atoms with Gasteiger partial charge in [0.1, 0.15) is 12.4 Å². The van der Waals surface area contributed by atoms with E-state index in [-0.39, 0.29) is 17.5 Å². The number of rotatable bonds is 6. The van der Waals surface area contributed by atoms with E-state index in [1.54, 1.807) is 4.90 Å². The van der Waals surface area contributed by atoms with Gasteiger partial charge in [-0.05, 0) is 39.8 Å². The summed E-state index contributed by atoms with van der Waals surface area (Å²) in [5, 5.41) is 5.85. The third-order valence-electron chi connectivity index (χ3n) is 4.21. The maximum atomic E-state index is 12.2. The van der Waals surface area contributed by atoms with Crippen molar-refractivity contribution in [3.63, 3.8) is 0 Å². The molecule has 0 bridgehead atoms. The summed E-state index contributed by atoms with van der Waals surface area (Å²) in [4.78, 5) is 28.1. The van der Waals surface area contributed by atoms with Gasteiger partial charge in [0.25, 0.3) is 0 Å². The maximum Gasteiger partial charge on any atom is 0.317 e. The first-order chi connectivity index (χ1) is 12.7. The van der Waals surface area contributed by atoms with Crippen LogP contribution in [0.4, 0.5) is 4.79 Å². The molecule has 0 saturated carbocycles. The Morgan fingerprint density at radius 3 is 2.30 bits per heavy atom. The van der Waals surface area contributed by atoms with Crippen LogP contribution in [0.5, 0.6) is 5.75 Å². The predicted molar refractivity (Wildman–Crippen MR) is 106 cm³/mol. The number of nitrogens with zero attached hydrogens (tertiary/aromatic N) is 2. The average molecular weight is 377 g/mol. The predicted octanol–water partition coefficient (Wildman–Crippen LogP) is 1.62. The van der Waals surface area contributed by atoms with E-state index in [4.69, 9.17) is 4.74 Å². The standard InChI is InChI=1S/C20H32N4O3/c1-16-5-7-17(8-6-16)27-14-9-21-19(26)24-12-10-23(11-13-24)15-18(25)22-20(2,3)4/h5-8H,9-15H2,1-4H3,(H,21,26)(H,22,25). The Bertz CT molecular complexity index is 617. The molecule has 7 nitrogen and oxygen atoms in total. The van der Waals surface area contributed by atoms with Gasteiger partial charge >= 0.3 is 6.03 Å². The minimum Gasteiger partial charge on any atom is -0.492 e. The summed E-state index contributed by atoms with van der Waals surface area (Å²) in [5.41, 5.74) is 0.963. The molecule has 0 radical (unpaired) electrons. The van der Waals surface area contributed by atoms with E-state index < -0.39 is 0 Å². The molecule has 0 atom stereocenters. The van der Waals surface area contributed by atoms with E-state index in [0.29, 0.717) is 45.9 Å². The summed E-state index contributed by atoms with van der Waals surface area (Å²) >= 11 is 0. The quantitative estimate of drug-likeness (QED) is 0.740. The largest absolute Gasteiger partial charge is 0.492 e. The summed E-state index contributed by atoms with van der Waals surface area (Å²) in [6.45, 7) is 11.8. The molecule has 1 heterocycles. The first kappa shape index (κ1) is 21.0. The van der Waals surface area contributed by atoms with Crippen LogP contribution in [0.1, 0.15) is 26.3 Å². The van der Waals surface area contributed by atoms with E-state index in [9.17, 15) is 9.59 Å². The second-order valence-electron chi connectivity index (χ2n) is 7.95. The van der Waals surface area contributed by atoms with Crippen LogP contribution in [-0.4, -0.2) is 73.2 Å². The molecule has 1 fully saturated rings. The number of aryl methyl sites for hydroxylation is 1. The smallest absolute Gasteiger partial charge is 0.317 e.